The Balaban J connectivity index is 1.58. The first-order valence-electron chi connectivity index (χ1n) is 11.8. The molecular formula is C28H32N2O3S. The number of carbonyl (C=O) groups excluding carboxylic acids is 1. The Kier molecular flexibility index (Phi) is 7.08. The van der Waals surface area contributed by atoms with Crippen LogP contribution in [0.25, 0.3) is 0 Å². The van der Waals surface area contributed by atoms with E-state index in [1.807, 2.05) is 32.9 Å². The summed E-state index contributed by atoms with van der Waals surface area (Å²) in [5, 5.41) is 3.01. The van der Waals surface area contributed by atoms with Crippen LogP contribution >= 0.6 is 0 Å². The zero-order chi connectivity index (χ0) is 24.3. The molecule has 0 fully saturated rings. The molecule has 3 aromatic rings. The molecule has 1 aliphatic carbocycles. The lowest BCUT2D eigenvalue weighted by Gasteiger charge is -2.26. The van der Waals surface area contributed by atoms with Gasteiger partial charge in [0.1, 0.15) is 6.54 Å². The Morgan fingerprint density at radius 1 is 0.941 bits per heavy atom. The van der Waals surface area contributed by atoms with Crippen molar-refractivity contribution in [2.45, 2.75) is 57.4 Å². The van der Waals surface area contributed by atoms with Crippen molar-refractivity contribution in [2.24, 2.45) is 0 Å². The van der Waals surface area contributed by atoms with Crippen LogP contribution in [0.15, 0.2) is 71.6 Å². The summed E-state index contributed by atoms with van der Waals surface area (Å²) in [5.41, 5.74) is 6.04. The Labute approximate surface area is 202 Å². The van der Waals surface area contributed by atoms with Crippen LogP contribution in [-0.2, 0) is 27.7 Å². The van der Waals surface area contributed by atoms with Gasteiger partial charge in [0.25, 0.3) is 10.0 Å². The molecule has 5 nitrogen and oxygen atoms in total. The molecule has 0 radical (unpaired) electrons. The van der Waals surface area contributed by atoms with Gasteiger partial charge < -0.3 is 5.32 Å². The van der Waals surface area contributed by atoms with E-state index in [1.165, 1.54) is 28.3 Å². The van der Waals surface area contributed by atoms with Crippen LogP contribution in [0.3, 0.4) is 0 Å². The van der Waals surface area contributed by atoms with Crippen LogP contribution in [0.4, 0.5) is 5.69 Å². The van der Waals surface area contributed by atoms with Gasteiger partial charge >= 0.3 is 0 Å². The predicted molar refractivity (Wildman–Crippen MR) is 137 cm³/mol. The first-order valence-corrected chi connectivity index (χ1v) is 13.3. The van der Waals surface area contributed by atoms with E-state index in [9.17, 15) is 13.2 Å². The number of nitrogens with zero attached hydrogens (tertiary/aromatic N) is 1. The van der Waals surface area contributed by atoms with Crippen molar-refractivity contribution in [1.29, 1.82) is 0 Å². The van der Waals surface area contributed by atoms with Crippen LogP contribution < -0.4 is 9.62 Å². The van der Waals surface area contributed by atoms with Crippen molar-refractivity contribution >= 4 is 21.6 Å². The van der Waals surface area contributed by atoms with Gasteiger partial charge in [-0.05, 0) is 86.9 Å². The molecule has 3 aromatic carbocycles. The minimum atomic E-state index is -3.93. The number of benzene rings is 3. The third kappa shape index (κ3) is 5.17. The highest BCUT2D eigenvalue weighted by molar-refractivity contribution is 7.92. The highest BCUT2D eigenvalue weighted by atomic mass is 32.2. The molecular weight excluding hydrogens is 444 g/mol. The van der Waals surface area contributed by atoms with Crippen LogP contribution in [0.1, 0.15) is 53.6 Å². The number of hydrogen-bond donors (Lipinski definition) is 1. The average Bonchev–Trinajstić information content (AvgIpc) is 2.83. The van der Waals surface area contributed by atoms with Gasteiger partial charge in [-0.15, -0.1) is 0 Å². The van der Waals surface area contributed by atoms with E-state index in [2.05, 4.69) is 23.5 Å². The fourth-order valence-corrected chi connectivity index (χ4v) is 5.99. The molecule has 0 saturated heterocycles. The molecule has 0 spiro atoms. The van der Waals surface area contributed by atoms with Gasteiger partial charge in [-0.1, -0.05) is 54.1 Å². The maximum absolute atomic E-state index is 13.6. The number of anilines is 1. The molecule has 34 heavy (non-hydrogen) atoms. The first kappa shape index (κ1) is 24.0. The topological polar surface area (TPSA) is 66.5 Å². The van der Waals surface area contributed by atoms with E-state index in [0.29, 0.717) is 5.69 Å². The van der Waals surface area contributed by atoms with E-state index >= 15 is 0 Å². The SMILES string of the molecule is Cc1ccc(S(=O)(=O)N(CC(=O)N[C@H](C)c2ccc3c(c2)CCCC3)c2ccccc2C)cc1. The molecule has 0 unspecified atom stereocenters. The van der Waals surface area contributed by atoms with Crippen molar-refractivity contribution in [3.05, 3.63) is 94.5 Å². The average molecular weight is 477 g/mol. The molecule has 1 aliphatic rings. The van der Waals surface area contributed by atoms with Gasteiger partial charge in [0.15, 0.2) is 0 Å². The van der Waals surface area contributed by atoms with E-state index in [0.717, 1.165) is 29.5 Å². The molecule has 1 N–H and O–H groups in total. The third-order valence-electron chi connectivity index (χ3n) is 6.53. The highest BCUT2D eigenvalue weighted by Gasteiger charge is 2.28. The van der Waals surface area contributed by atoms with E-state index in [1.54, 1.807) is 36.4 Å². The van der Waals surface area contributed by atoms with Crippen molar-refractivity contribution in [1.82, 2.24) is 5.32 Å². The van der Waals surface area contributed by atoms with Crippen molar-refractivity contribution in [3.8, 4) is 0 Å². The Morgan fingerprint density at radius 3 is 2.32 bits per heavy atom. The Bertz CT molecular complexity index is 1280. The second kappa shape index (κ2) is 10.0. The third-order valence-corrected chi connectivity index (χ3v) is 8.30. The summed E-state index contributed by atoms with van der Waals surface area (Å²) in [6, 6.07) is 20.1. The summed E-state index contributed by atoms with van der Waals surface area (Å²) in [5.74, 6) is -0.343. The van der Waals surface area contributed by atoms with Crippen LogP contribution in [0.2, 0.25) is 0 Å². The quantitative estimate of drug-likeness (QED) is 0.506. The minimum absolute atomic E-state index is 0.164. The lowest BCUT2D eigenvalue weighted by molar-refractivity contribution is -0.120. The maximum Gasteiger partial charge on any atom is 0.264 e. The zero-order valence-corrected chi connectivity index (χ0v) is 20.9. The van der Waals surface area contributed by atoms with Crippen LogP contribution in [-0.4, -0.2) is 20.9 Å². The Hall–Kier alpha value is -3.12. The van der Waals surface area contributed by atoms with Crippen LogP contribution in [0, 0.1) is 13.8 Å². The zero-order valence-electron chi connectivity index (χ0n) is 20.0. The molecule has 178 valence electrons. The highest BCUT2D eigenvalue weighted by Crippen LogP contribution is 2.28. The van der Waals surface area contributed by atoms with Gasteiger partial charge in [0.2, 0.25) is 5.91 Å². The predicted octanol–water partition coefficient (Wildman–Crippen LogP) is 5.25. The number of sulfonamides is 1. The van der Waals surface area contributed by atoms with Gasteiger partial charge in [0.05, 0.1) is 16.6 Å². The second-order valence-electron chi connectivity index (χ2n) is 9.14. The fraction of sp³-hybridized carbons (Fsp3) is 0.321. The fourth-order valence-electron chi connectivity index (χ4n) is 4.50. The van der Waals surface area contributed by atoms with Gasteiger partial charge in [-0.25, -0.2) is 8.42 Å². The van der Waals surface area contributed by atoms with Gasteiger partial charge in [0, 0.05) is 0 Å². The molecule has 1 amide bonds. The standard InChI is InChI=1S/C28H32N2O3S/c1-20-12-16-26(17-13-20)34(32,33)30(27-11-7-4-8-21(27)2)19-28(31)29-22(3)24-15-14-23-9-5-6-10-25(23)18-24/h4,7-8,11-18,22H,5-6,9-10,19H2,1-3H3,(H,29,31)/t22-/m1/s1. The summed E-state index contributed by atoms with van der Waals surface area (Å²) >= 11 is 0. The number of nitrogens with one attached hydrogen (secondary N) is 1. The molecule has 0 heterocycles. The Morgan fingerprint density at radius 2 is 1.62 bits per heavy atom. The number of hydrogen-bond acceptors (Lipinski definition) is 3. The molecule has 0 bridgehead atoms. The van der Waals surface area contributed by atoms with Crippen molar-refractivity contribution in [3.63, 3.8) is 0 Å². The first-order chi connectivity index (χ1) is 16.3. The summed E-state index contributed by atoms with van der Waals surface area (Å²) in [6.45, 7) is 5.40. The van der Waals surface area contributed by atoms with Crippen molar-refractivity contribution < 1.29 is 13.2 Å². The number of rotatable bonds is 7. The molecule has 0 aliphatic heterocycles. The number of aryl methyl sites for hydroxylation is 4. The van der Waals surface area contributed by atoms with E-state index in [4.69, 9.17) is 0 Å². The minimum Gasteiger partial charge on any atom is -0.348 e. The second-order valence-corrected chi connectivity index (χ2v) is 11.0. The number of para-hydroxylation sites is 1. The number of amides is 1. The molecule has 1 atom stereocenters. The summed E-state index contributed by atoms with van der Waals surface area (Å²) < 4.78 is 28.4. The molecule has 0 aromatic heterocycles. The van der Waals surface area contributed by atoms with E-state index < -0.39 is 10.0 Å². The van der Waals surface area contributed by atoms with Gasteiger partial charge in [-0.3, -0.25) is 9.10 Å². The van der Waals surface area contributed by atoms with E-state index in [-0.39, 0.29) is 23.4 Å². The molecule has 4 rings (SSSR count). The lowest BCUT2D eigenvalue weighted by Crippen LogP contribution is -2.42. The summed E-state index contributed by atoms with van der Waals surface area (Å²) in [7, 11) is -3.93. The molecule has 6 heteroatoms. The largest absolute Gasteiger partial charge is 0.348 e. The number of carbonyl (C=O) groups is 1. The van der Waals surface area contributed by atoms with Crippen LogP contribution in [0.5, 0.6) is 0 Å². The summed E-state index contributed by atoms with van der Waals surface area (Å²) in [4.78, 5) is 13.3. The van der Waals surface area contributed by atoms with Crippen molar-refractivity contribution in [2.75, 3.05) is 10.8 Å². The number of fused-ring (bicyclic) bond motifs is 1. The monoisotopic (exact) mass is 476 g/mol. The summed E-state index contributed by atoms with van der Waals surface area (Å²) in [6.07, 6.45) is 4.60. The maximum atomic E-state index is 13.6. The normalized spacial score (nSPS) is 14.2. The van der Waals surface area contributed by atoms with Gasteiger partial charge in [-0.2, -0.15) is 0 Å². The molecule has 0 saturated carbocycles. The smallest absolute Gasteiger partial charge is 0.264 e. The lowest BCUT2D eigenvalue weighted by atomic mass is 9.89.